The Labute approximate surface area is 126 Å². The molecule has 106 valence electrons. The number of rotatable bonds is 8. The van der Waals surface area contributed by atoms with Crippen molar-refractivity contribution < 1.29 is 4.74 Å². The van der Waals surface area contributed by atoms with Crippen molar-refractivity contribution in [1.82, 2.24) is 0 Å². The van der Waals surface area contributed by atoms with E-state index >= 15 is 0 Å². The summed E-state index contributed by atoms with van der Waals surface area (Å²) in [5, 5.41) is 0. The molecule has 1 nitrogen and oxygen atoms in total. The van der Waals surface area contributed by atoms with Gasteiger partial charge < -0.3 is 4.74 Å². The van der Waals surface area contributed by atoms with Crippen molar-refractivity contribution >= 4 is 11.6 Å². The molecule has 0 saturated heterocycles. The second-order valence-electron chi connectivity index (χ2n) is 4.88. The van der Waals surface area contributed by atoms with E-state index in [0.717, 1.165) is 30.2 Å². The molecular weight excluding hydrogens is 268 g/mol. The van der Waals surface area contributed by atoms with Crippen LogP contribution in [0.1, 0.15) is 31.2 Å². The number of hydrogen-bond donors (Lipinski definition) is 0. The summed E-state index contributed by atoms with van der Waals surface area (Å²) in [6.07, 6.45) is 5.80. The minimum absolute atomic E-state index is 0.772. The van der Waals surface area contributed by atoms with Gasteiger partial charge in [-0.2, -0.15) is 0 Å². The monoisotopic (exact) mass is 288 g/mol. The van der Waals surface area contributed by atoms with Crippen LogP contribution in [-0.4, -0.2) is 5.88 Å². The standard InChI is InChI=1S/C18H21ClO/c19-15-9-2-1-4-10-16-11-7-8-14-18(16)20-17-12-5-3-6-13-17/h3,5-8,11-14H,1-2,4,9-10,15H2. The molecule has 0 radical (unpaired) electrons. The molecule has 2 aromatic carbocycles. The maximum absolute atomic E-state index is 5.97. The average molecular weight is 289 g/mol. The highest BCUT2D eigenvalue weighted by Gasteiger charge is 2.04. The SMILES string of the molecule is ClCCCCCCc1ccccc1Oc1ccccc1. The highest BCUT2D eigenvalue weighted by Crippen LogP contribution is 2.26. The Bertz CT molecular complexity index is 496. The second kappa shape index (κ2) is 8.65. The van der Waals surface area contributed by atoms with E-state index in [1.807, 2.05) is 42.5 Å². The van der Waals surface area contributed by atoms with E-state index in [9.17, 15) is 0 Å². The van der Waals surface area contributed by atoms with Gasteiger partial charge in [-0.3, -0.25) is 0 Å². The summed E-state index contributed by atoms with van der Waals surface area (Å²) in [4.78, 5) is 0. The van der Waals surface area contributed by atoms with E-state index in [0.29, 0.717) is 0 Å². The number of unbranched alkanes of at least 4 members (excludes halogenated alkanes) is 3. The smallest absolute Gasteiger partial charge is 0.130 e. The molecule has 0 amide bonds. The highest BCUT2D eigenvalue weighted by molar-refractivity contribution is 6.17. The normalized spacial score (nSPS) is 10.4. The van der Waals surface area contributed by atoms with Gasteiger partial charge in [0.05, 0.1) is 0 Å². The molecule has 2 aromatic rings. The van der Waals surface area contributed by atoms with Crippen molar-refractivity contribution in [3.8, 4) is 11.5 Å². The minimum Gasteiger partial charge on any atom is -0.457 e. The van der Waals surface area contributed by atoms with Gasteiger partial charge in [0.1, 0.15) is 11.5 Å². The highest BCUT2D eigenvalue weighted by atomic mass is 35.5. The van der Waals surface area contributed by atoms with Crippen LogP contribution in [0.15, 0.2) is 54.6 Å². The Kier molecular flexibility index (Phi) is 6.46. The van der Waals surface area contributed by atoms with Crippen LogP contribution < -0.4 is 4.74 Å². The lowest BCUT2D eigenvalue weighted by Gasteiger charge is -2.11. The van der Waals surface area contributed by atoms with E-state index in [1.54, 1.807) is 0 Å². The molecule has 0 unspecified atom stereocenters. The molecule has 0 bridgehead atoms. The van der Waals surface area contributed by atoms with Crippen LogP contribution in [0.2, 0.25) is 0 Å². The lowest BCUT2D eigenvalue weighted by Crippen LogP contribution is -1.92. The van der Waals surface area contributed by atoms with Gasteiger partial charge in [0.2, 0.25) is 0 Å². The zero-order valence-corrected chi connectivity index (χ0v) is 12.5. The van der Waals surface area contributed by atoms with Crippen LogP contribution in [0, 0.1) is 0 Å². The molecule has 0 N–H and O–H groups in total. The van der Waals surface area contributed by atoms with Gasteiger partial charge in [-0.05, 0) is 43.0 Å². The van der Waals surface area contributed by atoms with E-state index in [-0.39, 0.29) is 0 Å². The Morgan fingerprint density at radius 1 is 0.750 bits per heavy atom. The lowest BCUT2D eigenvalue weighted by atomic mass is 10.1. The predicted octanol–water partition coefficient (Wildman–Crippen LogP) is 5.82. The van der Waals surface area contributed by atoms with Gasteiger partial charge in [-0.1, -0.05) is 49.2 Å². The fourth-order valence-corrected chi connectivity index (χ4v) is 2.38. The van der Waals surface area contributed by atoms with Crippen LogP contribution in [0.25, 0.3) is 0 Å². The largest absolute Gasteiger partial charge is 0.457 e. The summed E-state index contributed by atoms with van der Waals surface area (Å²) >= 11 is 5.69. The molecule has 0 aliphatic rings. The number of alkyl halides is 1. The first-order valence-corrected chi connectivity index (χ1v) is 7.80. The molecule has 20 heavy (non-hydrogen) atoms. The molecule has 0 fully saturated rings. The second-order valence-corrected chi connectivity index (χ2v) is 5.25. The minimum atomic E-state index is 0.772. The van der Waals surface area contributed by atoms with Gasteiger partial charge in [0.15, 0.2) is 0 Å². The number of benzene rings is 2. The maximum Gasteiger partial charge on any atom is 0.130 e. The van der Waals surface area contributed by atoms with Crippen LogP contribution in [0.3, 0.4) is 0 Å². The Balaban J connectivity index is 1.92. The molecule has 0 heterocycles. The molecule has 0 aliphatic carbocycles. The summed E-state index contributed by atoms with van der Waals surface area (Å²) in [5.41, 5.74) is 1.28. The average Bonchev–Trinajstić information content (AvgIpc) is 2.50. The molecule has 2 heteroatoms. The van der Waals surface area contributed by atoms with Crippen LogP contribution >= 0.6 is 11.6 Å². The molecule has 2 rings (SSSR count). The third-order valence-corrected chi connectivity index (χ3v) is 3.54. The van der Waals surface area contributed by atoms with Crippen LogP contribution in [0.4, 0.5) is 0 Å². The molecular formula is C18H21ClO. The Hall–Kier alpha value is -1.47. The fraction of sp³-hybridized carbons (Fsp3) is 0.333. The third kappa shape index (κ3) is 4.90. The molecule has 0 atom stereocenters. The number of para-hydroxylation sites is 2. The van der Waals surface area contributed by atoms with Crippen molar-refractivity contribution in [2.24, 2.45) is 0 Å². The molecule has 0 saturated carbocycles. The lowest BCUT2D eigenvalue weighted by molar-refractivity contribution is 0.474. The van der Waals surface area contributed by atoms with E-state index in [1.165, 1.54) is 24.8 Å². The summed E-state index contributed by atoms with van der Waals surface area (Å²) in [5.74, 6) is 2.63. The molecule has 0 aliphatic heterocycles. The number of aryl methyl sites for hydroxylation is 1. The zero-order chi connectivity index (χ0) is 14.0. The van der Waals surface area contributed by atoms with Crippen molar-refractivity contribution in [3.63, 3.8) is 0 Å². The van der Waals surface area contributed by atoms with E-state index in [2.05, 4.69) is 12.1 Å². The van der Waals surface area contributed by atoms with Crippen molar-refractivity contribution in [2.45, 2.75) is 32.1 Å². The van der Waals surface area contributed by atoms with Gasteiger partial charge in [-0.25, -0.2) is 0 Å². The van der Waals surface area contributed by atoms with Crippen LogP contribution in [-0.2, 0) is 6.42 Å². The summed E-state index contributed by atoms with van der Waals surface area (Å²) in [6, 6.07) is 18.2. The first-order chi connectivity index (χ1) is 9.90. The topological polar surface area (TPSA) is 9.23 Å². The maximum atomic E-state index is 5.97. The molecule has 0 aromatic heterocycles. The number of halogens is 1. The Morgan fingerprint density at radius 2 is 1.45 bits per heavy atom. The molecule has 0 spiro atoms. The fourth-order valence-electron chi connectivity index (χ4n) is 2.19. The van der Waals surface area contributed by atoms with Gasteiger partial charge in [0, 0.05) is 5.88 Å². The van der Waals surface area contributed by atoms with Gasteiger partial charge in [-0.15, -0.1) is 11.6 Å². The van der Waals surface area contributed by atoms with Gasteiger partial charge >= 0.3 is 0 Å². The Morgan fingerprint density at radius 3 is 2.25 bits per heavy atom. The summed E-state index contributed by atoms with van der Waals surface area (Å²) in [6.45, 7) is 0. The zero-order valence-electron chi connectivity index (χ0n) is 11.7. The van der Waals surface area contributed by atoms with Crippen LogP contribution in [0.5, 0.6) is 11.5 Å². The van der Waals surface area contributed by atoms with Crippen molar-refractivity contribution in [2.75, 3.05) is 5.88 Å². The first-order valence-electron chi connectivity index (χ1n) is 7.27. The number of ether oxygens (including phenoxy) is 1. The first kappa shape index (κ1) is 14.9. The van der Waals surface area contributed by atoms with Gasteiger partial charge in [0.25, 0.3) is 0 Å². The summed E-state index contributed by atoms with van der Waals surface area (Å²) in [7, 11) is 0. The third-order valence-electron chi connectivity index (χ3n) is 3.27. The van der Waals surface area contributed by atoms with E-state index in [4.69, 9.17) is 16.3 Å². The quantitative estimate of drug-likeness (QED) is 0.439. The van der Waals surface area contributed by atoms with Crippen molar-refractivity contribution in [1.29, 1.82) is 0 Å². The number of hydrogen-bond acceptors (Lipinski definition) is 1. The van der Waals surface area contributed by atoms with E-state index < -0.39 is 0 Å². The summed E-state index contributed by atoms with van der Waals surface area (Å²) < 4.78 is 5.97. The predicted molar refractivity (Wildman–Crippen MR) is 85.9 cm³/mol. The van der Waals surface area contributed by atoms with Crippen molar-refractivity contribution in [3.05, 3.63) is 60.2 Å².